The smallest absolute Gasteiger partial charge is 0.250 e. The van der Waals surface area contributed by atoms with Gasteiger partial charge >= 0.3 is 0 Å². The van der Waals surface area contributed by atoms with Gasteiger partial charge in [0.1, 0.15) is 0 Å². The largest absolute Gasteiger partial charge is 0.326 e. The van der Waals surface area contributed by atoms with Crippen LogP contribution in [0.15, 0.2) is 51.9 Å². The standard InChI is InChI=1S/C18H21BrN2O2/c1-18(2,3)14-6-4-5-7-15(14)20-16(22)10-11-21-12-13(19)8-9-17(21)23/h4-9,12H,10-11H2,1-3H3,(H,20,22). The minimum absolute atomic E-state index is 0.0505. The minimum atomic E-state index is -0.115. The van der Waals surface area contributed by atoms with Gasteiger partial charge in [0.25, 0.3) is 5.56 Å². The van der Waals surface area contributed by atoms with Gasteiger partial charge < -0.3 is 9.88 Å². The number of amides is 1. The van der Waals surface area contributed by atoms with E-state index in [1.165, 1.54) is 10.6 Å². The summed E-state index contributed by atoms with van der Waals surface area (Å²) in [7, 11) is 0. The Bertz CT molecular complexity index is 760. The Morgan fingerprint density at radius 1 is 1.17 bits per heavy atom. The maximum Gasteiger partial charge on any atom is 0.250 e. The number of halogens is 1. The van der Waals surface area contributed by atoms with Crippen molar-refractivity contribution >= 4 is 27.5 Å². The molecule has 1 amide bonds. The molecule has 5 heteroatoms. The molecule has 0 aliphatic heterocycles. The average Bonchev–Trinajstić information content (AvgIpc) is 2.47. The van der Waals surface area contributed by atoms with Gasteiger partial charge in [-0.2, -0.15) is 0 Å². The summed E-state index contributed by atoms with van der Waals surface area (Å²) < 4.78 is 2.34. The van der Waals surface area contributed by atoms with Crippen LogP contribution in [0.1, 0.15) is 32.8 Å². The number of pyridine rings is 1. The molecule has 1 N–H and O–H groups in total. The van der Waals surface area contributed by atoms with Gasteiger partial charge in [0.15, 0.2) is 0 Å². The summed E-state index contributed by atoms with van der Waals surface area (Å²) in [6.07, 6.45) is 1.94. The highest BCUT2D eigenvalue weighted by Crippen LogP contribution is 2.29. The zero-order valence-corrected chi connectivity index (χ0v) is 15.2. The fraction of sp³-hybridized carbons (Fsp3) is 0.333. The van der Waals surface area contributed by atoms with Crippen LogP contribution >= 0.6 is 15.9 Å². The number of aromatic nitrogens is 1. The number of nitrogens with one attached hydrogen (secondary N) is 1. The van der Waals surface area contributed by atoms with Crippen LogP contribution in [0.25, 0.3) is 0 Å². The van der Waals surface area contributed by atoms with Crippen molar-refractivity contribution in [3.8, 4) is 0 Å². The van der Waals surface area contributed by atoms with Crippen LogP contribution in [0.3, 0.4) is 0 Å². The molecule has 1 aromatic heterocycles. The Morgan fingerprint density at radius 2 is 1.87 bits per heavy atom. The molecular weight excluding hydrogens is 356 g/mol. The zero-order chi connectivity index (χ0) is 17.0. The number of benzene rings is 1. The Kier molecular flexibility index (Phi) is 5.42. The predicted molar refractivity (Wildman–Crippen MR) is 96.8 cm³/mol. The number of nitrogens with zero attached hydrogens (tertiary/aromatic N) is 1. The van der Waals surface area contributed by atoms with E-state index < -0.39 is 0 Å². The normalized spacial score (nSPS) is 11.3. The molecule has 0 unspecified atom stereocenters. The van der Waals surface area contributed by atoms with Gasteiger partial charge in [0, 0.05) is 35.4 Å². The van der Waals surface area contributed by atoms with E-state index in [-0.39, 0.29) is 23.3 Å². The van der Waals surface area contributed by atoms with Gasteiger partial charge in [-0.05, 0) is 39.0 Å². The molecule has 0 spiro atoms. The maximum atomic E-state index is 12.2. The number of carbonyl (C=O) groups excluding carboxylic acids is 1. The Balaban J connectivity index is 2.06. The minimum Gasteiger partial charge on any atom is -0.326 e. The van der Waals surface area contributed by atoms with E-state index in [4.69, 9.17) is 0 Å². The van der Waals surface area contributed by atoms with E-state index in [0.29, 0.717) is 6.54 Å². The molecule has 0 atom stereocenters. The second kappa shape index (κ2) is 7.13. The third-order valence-electron chi connectivity index (χ3n) is 3.54. The molecule has 0 bridgehead atoms. The molecule has 1 heterocycles. The molecule has 0 aliphatic rings. The van der Waals surface area contributed by atoms with Crippen molar-refractivity contribution in [2.45, 2.75) is 39.2 Å². The number of hydrogen-bond acceptors (Lipinski definition) is 2. The topological polar surface area (TPSA) is 51.1 Å². The van der Waals surface area contributed by atoms with E-state index in [9.17, 15) is 9.59 Å². The van der Waals surface area contributed by atoms with Gasteiger partial charge in [0.05, 0.1) is 0 Å². The van der Waals surface area contributed by atoms with Crippen molar-refractivity contribution in [2.24, 2.45) is 0 Å². The molecule has 0 saturated carbocycles. The number of para-hydroxylation sites is 1. The van der Waals surface area contributed by atoms with Crippen LogP contribution in [0.4, 0.5) is 5.69 Å². The van der Waals surface area contributed by atoms with Crippen LogP contribution in [0.5, 0.6) is 0 Å². The molecular formula is C18H21BrN2O2. The molecule has 23 heavy (non-hydrogen) atoms. The highest BCUT2D eigenvalue weighted by atomic mass is 79.9. The van der Waals surface area contributed by atoms with Crippen molar-refractivity contribution in [2.75, 3.05) is 5.32 Å². The molecule has 0 fully saturated rings. The Hall–Kier alpha value is -1.88. The molecule has 0 aliphatic carbocycles. The van der Waals surface area contributed by atoms with Crippen molar-refractivity contribution < 1.29 is 4.79 Å². The van der Waals surface area contributed by atoms with E-state index in [1.54, 1.807) is 12.3 Å². The molecule has 4 nitrogen and oxygen atoms in total. The molecule has 0 saturated heterocycles. The first kappa shape index (κ1) is 17.5. The van der Waals surface area contributed by atoms with Crippen LogP contribution in [-0.4, -0.2) is 10.5 Å². The number of carbonyl (C=O) groups is 1. The average molecular weight is 377 g/mol. The number of aryl methyl sites for hydroxylation is 1. The van der Waals surface area contributed by atoms with Crippen molar-refractivity contribution in [3.05, 3.63) is 63.0 Å². The lowest BCUT2D eigenvalue weighted by Gasteiger charge is -2.23. The summed E-state index contributed by atoms with van der Waals surface area (Å²) in [4.78, 5) is 24.0. The molecule has 1 aromatic carbocycles. The van der Waals surface area contributed by atoms with Crippen LogP contribution < -0.4 is 10.9 Å². The lowest BCUT2D eigenvalue weighted by Crippen LogP contribution is -2.23. The number of hydrogen-bond donors (Lipinski definition) is 1. The number of anilines is 1. The predicted octanol–water partition coefficient (Wildman–Crippen LogP) is 3.94. The quantitative estimate of drug-likeness (QED) is 0.878. The highest BCUT2D eigenvalue weighted by Gasteiger charge is 2.18. The Morgan fingerprint density at radius 3 is 2.57 bits per heavy atom. The monoisotopic (exact) mass is 376 g/mol. The van der Waals surface area contributed by atoms with E-state index in [1.807, 2.05) is 24.3 Å². The summed E-state index contributed by atoms with van der Waals surface area (Å²) in [6.45, 7) is 6.68. The summed E-state index contributed by atoms with van der Waals surface area (Å²) in [5.74, 6) is -0.103. The van der Waals surface area contributed by atoms with Crippen LogP contribution in [-0.2, 0) is 16.8 Å². The van der Waals surface area contributed by atoms with Crippen molar-refractivity contribution in [1.29, 1.82) is 0 Å². The van der Waals surface area contributed by atoms with Gasteiger partial charge in [-0.25, -0.2) is 0 Å². The fourth-order valence-corrected chi connectivity index (χ4v) is 2.74. The van der Waals surface area contributed by atoms with Gasteiger partial charge in [0.2, 0.25) is 5.91 Å². The summed E-state index contributed by atoms with van der Waals surface area (Å²) >= 11 is 3.33. The highest BCUT2D eigenvalue weighted by molar-refractivity contribution is 9.10. The fourth-order valence-electron chi connectivity index (χ4n) is 2.36. The molecule has 2 aromatic rings. The summed E-state index contributed by atoms with van der Waals surface area (Å²) in [5.41, 5.74) is 1.75. The van der Waals surface area contributed by atoms with E-state index in [0.717, 1.165) is 15.7 Å². The van der Waals surface area contributed by atoms with Gasteiger partial charge in [-0.15, -0.1) is 0 Å². The van der Waals surface area contributed by atoms with E-state index >= 15 is 0 Å². The SMILES string of the molecule is CC(C)(C)c1ccccc1NC(=O)CCn1cc(Br)ccc1=O. The molecule has 2 rings (SSSR count). The second-order valence-corrected chi connectivity index (χ2v) is 7.39. The number of rotatable bonds is 4. The third kappa shape index (κ3) is 4.79. The summed E-state index contributed by atoms with van der Waals surface area (Å²) in [5, 5.41) is 2.96. The van der Waals surface area contributed by atoms with Crippen LogP contribution in [0, 0.1) is 0 Å². The molecule has 0 radical (unpaired) electrons. The Labute approximate surface area is 144 Å². The van der Waals surface area contributed by atoms with E-state index in [2.05, 4.69) is 42.0 Å². The third-order valence-corrected chi connectivity index (χ3v) is 4.01. The van der Waals surface area contributed by atoms with Crippen molar-refractivity contribution in [1.82, 2.24) is 4.57 Å². The first-order chi connectivity index (χ1) is 10.8. The maximum absolute atomic E-state index is 12.2. The lowest BCUT2D eigenvalue weighted by molar-refractivity contribution is -0.116. The van der Waals surface area contributed by atoms with Gasteiger partial charge in [-0.1, -0.05) is 39.0 Å². The van der Waals surface area contributed by atoms with Gasteiger partial charge in [-0.3, -0.25) is 9.59 Å². The second-order valence-electron chi connectivity index (χ2n) is 6.47. The van der Waals surface area contributed by atoms with Crippen molar-refractivity contribution in [3.63, 3.8) is 0 Å². The lowest BCUT2D eigenvalue weighted by atomic mass is 9.86. The molecule has 122 valence electrons. The van der Waals surface area contributed by atoms with Crippen LogP contribution in [0.2, 0.25) is 0 Å². The first-order valence-electron chi connectivity index (χ1n) is 7.53. The summed E-state index contributed by atoms with van der Waals surface area (Å²) in [6, 6.07) is 11.0. The first-order valence-corrected chi connectivity index (χ1v) is 8.32. The zero-order valence-electron chi connectivity index (χ0n) is 13.6.